The van der Waals surface area contributed by atoms with Gasteiger partial charge >= 0.3 is 0 Å². The van der Waals surface area contributed by atoms with Gasteiger partial charge in [-0.25, -0.2) is 0 Å². The summed E-state index contributed by atoms with van der Waals surface area (Å²) in [5.74, 6) is 2.01. The van der Waals surface area contributed by atoms with Gasteiger partial charge in [-0.05, 0) is 66.3 Å². The number of fused-ring (bicyclic) bond motifs is 4. The van der Waals surface area contributed by atoms with Crippen LogP contribution in [0.3, 0.4) is 0 Å². The van der Waals surface area contributed by atoms with Crippen LogP contribution in [0.4, 0.5) is 5.69 Å². The summed E-state index contributed by atoms with van der Waals surface area (Å²) in [6.07, 6.45) is 6.81. The van der Waals surface area contributed by atoms with Crippen LogP contribution in [0.2, 0.25) is 0 Å². The van der Waals surface area contributed by atoms with Crippen LogP contribution in [0.15, 0.2) is 66.7 Å². The molecule has 1 aliphatic carbocycles. The number of anilines is 1. The van der Waals surface area contributed by atoms with Gasteiger partial charge < -0.3 is 15.2 Å². The minimum atomic E-state index is 0.0648. The number of rotatable bonds is 4. The summed E-state index contributed by atoms with van der Waals surface area (Å²) >= 11 is 0. The first-order chi connectivity index (χ1) is 14.2. The Morgan fingerprint density at radius 1 is 1.14 bits per heavy atom. The lowest BCUT2D eigenvalue weighted by molar-refractivity contribution is 0.217. The van der Waals surface area contributed by atoms with Crippen molar-refractivity contribution in [3.8, 4) is 11.5 Å². The minimum Gasteiger partial charge on any atom is -0.508 e. The summed E-state index contributed by atoms with van der Waals surface area (Å²) in [7, 11) is 0. The molecule has 0 amide bonds. The number of aromatic hydroxyl groups is 1. The fraction of sp³-hybridized carbons (Fsp3) is 0.308. The van der Waals surface area contributed by atoms with Crippen molar-refractivity contribution in [3.63, 3.8) is 0 Å². The molecule has 4 atom stereocenters. The van der Waals surface area contributed by atoms with Crippen LogP contribution in [-0.2, 0) is 0 Å². The van der Waals surface area contributed by atoms with Crippen LogP contribution in [0.1, 0.15) is 49.8 Å². The highest BCUT2D eigenvalue weighted by Crippen LogP contribution is 2.52. The molecule has 0 bridgehead atoms. The molecule has 4 unspecified atom stereocenters. The molecule has 0 saturated carbocycles. The monoisotopic (exact) mass is 385 g/mol. The van der Waals surface area contributed by atoms with Crippen molar-refractivity contribution in [2.24, 2.45) is 5.92 Å². The van der Waals surface area contributed by atoms with E-state index >= 15 is 0 Å². The summed E-state index contributed by atoms with van der Waals surface area (Å²) in [5, 5.41) is 16.9. The molecule has 2 aliphatic rings. The zero-order chi connectivity index (χ0) is 20.0. The second-order valence-electron chi connectivity index (χ2n) is 8.28. The van der Waals surface area contributed by atoms with Crippen molar-refractivity contribution in [1.29, 1.82) is 0 Å². The molecular weight excluding hydrogens is 358 g/mol. The standard InChI is InChI=1S/C26H27NO2/c1-3-16(2)29-18-12-13-23-22(15-18)20-9-6-10-21(20)26(27-23)25-19-8-5-4-7-17(19)11-14-24(25)28/h4-9,11-16,20-21,26-28H,3,10H2,1-2H3. The maximum atomic E-state index is 10.8. The average Bonchev–Trinajstić information content (AvgIpc) is 3.24. The summed E-state index contributed by atoms with van der Waals surface area (Å²) < 4.78 is 6.07. The lowest BCUT2D eigenvalue weighted by atomic mass is 9.76. The molecule has 1 aliphatic heterocycles. The highest BCUT2D eigenvalue weighted by atomic mass is 16.5. The van der Waals surface area contributed by atoms with E-state index < -0.39 is 0 Å². The third-order valence-corrected chi connectivity index (χ3v) is 6.51. The van der Waals surface area contributed by atoms with Crippen LogP contribution in [0.25, 0.3) is 10.8 Å². The van der Waals surface area contributed by atoms with Crippen LogP contribution in [-0.4, -0.2) is 11.2 Å². The van der Waals surface area contributed by atoms with Crippen molar-refractivity contribution in [1.82, 2.24) is 0 Å². The molecular formula is C26H27NO2. The largest absolute Gasteiger partial charge is 0.508 e. The Morgan fingerprint density at radius 2 is 2.00 bits per heavy atom. The SMILES string of the molecule is CCC(C)Oc1ccc2c(c1)C1C=CCC1C(c1c(O)ccc3ccccc13)N2. The molecule has 0 spiro atoms. The molecule has 0 radical (unpaired) electrons. The van der Waals surface area contributed by atoms with E-state index in [0.29, 0.717) is 17.6 Å². The number of hydrogen-bond donors (Lipinski definition) is 2. The number of ether oxygens (including phenoxy) is 1. The first-order valence-electron chi connectivity index (χ1n) is 10.6. The maximum absolute atomic E-state index is 10.8. The first kappa shape index (κ1) is 18.1. The van der Waals surface area contributed by atoms with Crippen LogP contribution < -0.4 is 10.1 Å². The number of phenols is 1. The van der Waals surface area contributed by atoms with Gasteiger partial charge in [0.25, 0.3) is 0 Å². The van der Waals surface area contributed by atoms with Crippen LogP contribution in [0, 0.1) is 5.92 Å². The number of nitrogens with one attached hydrogen (secondary N) is 1. The Balaban J connectivity index is 1.59. The van der Waals surface area contributed by atoms with Crippen molar-refractivity contribution >= 4 is 16.5 Å². The minimum absolute atomic E-state index is 0.0648. The van der Waals surface area contributed by atoms with E-state index in [4.69, 9.17) is 4.74 Å². The molecule has 3 aromatic rings. The summed E-state index contributed by atoms with van der Waals surface area (Å²) in [4.78, 5) is 0. The zero-order valence-electron chi connectivity index (χ0n) is 16.9. The van der Waals surface area contributed by atoms with Gasteiger partial charge in [-0.1, -0.05) is 49.4 Å². The number of hydrogen-bond acceptors (Lipinski definition) is 3. The Hall–Kier alpha value is -2.94. The predicted molar refractivity (Wildman–Crippen MR) is 119 cm³/mol. The van der Waals surface area contributed by atoms with E-state index in [-0.39, 0.29) is 12.1 Å². The Bertz CT molecular complexity index is 1090. The van der Waals surface area contributed by atoms with E-state index in [1.54, 1.807) is 0 Å². The van der Waals surface area contributed by atoms with Crippen molar-refractivity contribution in [2.75, 3.05) is 5.32 Å². The van der Waals surface area contributed by atoms with E-state index in [2.05, 4.69) is 61.6 Å². The molecule has 0 aromatic heterocycles. The molecule has 29 heavy (non-hydrogen) atoms. The highest BCUT2D eigenvalue weighted by Gasteiger charge is 2.39. The van der Waals surface area contributed by atoms with E-state index in [0.717, 1.165) is 40.6 Å². The zero-order valence-corrected chi connectivity index (χ0v) is 16.9. The van der Waals surface area contributed by atoms with Crippen molar-refractivity contribution in [3.05, 3.63) is 77.9 Å². The van der Waals surface area contributed by atoms with Gasteiger partial charge in [0.15, 0.2) is 0 Å². The molecule has 1 heterocycles. The Labute approximate surface area is 172 Å². The molecule has 3 nitrogen and oxygen atoms in total. The van der Waals surface area contributed by atoms with Crippen LogP contribution in [0.5, 0.6) is 11.5 Å². The van der Waals surface area contributed by atoms with Gasteiger partial charge in [0.05, 0.1) is 12.1 Å². The molecule has 0 fully saturated rings. The lowest BCUT2D eigenvalue weighted by Crippen LogP contribution is -2.29. The third-order valence-electron chi connectivity index (χ3n) is 6.51. The van der Waals surface area contributed by atoms with Gasteiger partial charge in [-0.15, -0.1) is 0 Å². The van der Waals surface area contributed by atoms with E-state index in [9.17, 15) is 5.11 Å². The normalized spacial score (nSPS) is 23.3. The van der Waals surface area contributed by atoms with Gasteiger partial charge in [-0.3, -0.25) is 0 Å². The predicted octanol–water partition coefficient (Wildman–Crippen LogP) is 6.55. The number of allylic oxidation sites excluding steroid dienone is 2. The highest BCUT2D eigenvalue weighted by molar-refractivity contribution is 5.89. The smallest absolute Gasteiger partial charge is 0.121 e. The first-order valence-corrected chi connectivity index (χ1v) is 10.6. The fourth-order valence-electron chi connectivity index (χ4n) is 4.86. The van der Waals surface area contributed by atoms with E-state index in [1.165, 1.54) is 5.56 Å². The molecule has 3 aromatic carbocycles. The van der Waals surface area contributed by atoms with Gasteiger partial charge in [0.1, 0.15) is 11.5 Å². The van der Waals surface area contributed by atoms with Crippen molar-refractivity contribution < 1.29 is 9.84 Å². The number of phenolic OH excluding ortho intramolecular Hbond substituents is 1. The summed E-state index contributed by atoms with van der Waals surface area (Å²) in [5.41, 5.74) is 3.43. The van der Waals surface area contributed by atoms with E-state index in [1.807, 2.05) is 24.3 Å². The molecule has 0 saturated heterocycles. The molecule has 2 N–H and O–H groups in total. The Kier molecular flexibility index (Phi) is 4.46. The molecule has 3 heteroatoms. The second-order valence-corrected chi connectivity index (χ2v) is 8.28. The third kappa shape index (κ3) is 3.05. The molecule has 5 rings (SSSR count). The second kappa shape index (κ2) is 7.14. The van der Waals surface area contributed by atoms with Gasteiger partial charge in [-0.2, -0.15) is 0 Å². The Morgan fingerprint density at radius 3 is 2.86 bits per heavy atom. The summed E-state index contributed by atoms with van der Waals surface area (Å²) in [6, 6.07) is 18.6. The summed E-state index contributed by atoms with van der Waals surface area (Å²) in [6.45, 7) is 4.25. The molecule has 148 valence electrons. The van der Waals surface area contributed by atoms with Crippen molar-refractivity contribution in [2.45, 2.75) is 44.8 Å². The average molecular weight is 386 g/mol. The number of benzene rings is 3. The van der Waals surface area contributed by atoms with Gasteiger partial charge in [0.2, 0.25) is 0 Å². The maximum Gasteiger partial charge on any atom is 0.121 e. The van der Waals surface area contributed by atoms with Gasteiger partial charge in [0, 0.05) is 17.2 Å². The topological polar surface area (TPSA) is 41.5 Å². The van der Waals surface area contributed by atoms with Crippen LogP contribution >= 0.6 is 0 Å². The quantitative estimate of drug-likeness (QED) is 0.500. The fourth-order valence-corrected chi connectivity index (χ4v) is 4.86. The lowest BCUT2D eigenvalue weighted by Gasteiger charge is -2.38.